The van der Waals surface area contributed by atoms with Crippen molar-refractivity contribution in [2.45, 2.75) is 180 Å². The SMILES string of the molecule is CCCCCCCCCCCCCC(=O)OC[C@H](COP(=O)([O-])OCC[N+](C)(C)C)OC(=O)CCCCCC[C@H]1C(=O)C[C@@H](O)[C@@H]1/C=C/[C@@H](O)CCCCC. The van der Waals surface area contributed by atoms with Gasteiger partial charge in [-0.15, -0.1) is 0 Å². The molecule has 6 atom stereocenters. The van der Waals surface area contributed by atoms with Gasteiger partial charge in [-0.2, -0.15) is 0 Å². The molecule has 0 saturated heterocycles. The third kappa shape index (κ3) is 27.6. The van der Waals surface area contributed by atoms with Gasteiger partial charge >= 0.3 is 11.9 Å². The molecular formula is C42H78NO11P. The lowest BCUT2D eigenvalue weighted by Gasteiger charge is -2.28. The van der Waals surface area contributed by atoms with E-state index in [1.807, 2.05) is 27.2 Å². The number of aliphatic hydroxyl groups excluding tert-OH is 2. The van der Waals surface area contributed by atoms with Crippen LogP contribution in [-0.2, 0) is 37.5 Å². The number of unbranched alkanes of at least 4 members (excludes halogenated alkanes) is 15. The maximum atomic E-state index is 12.8. The fourth-order valence-electron chi connectivity index (χ4n) is 6.73. The molecule has 0 aromatic carbocycles. The first-order valence-electron chi connectivity index (χ1n) is 21.5. The number of ether oxygens (including phenoxy) is 2. The molecule has 1 aliphatic carbocycles. The average molecular weight is 804 g/mol. The van der Waals surface area contributed by atoms with Crippen molar-refractivity contribution in [3.8, 4) is 0 Å². The zero-order valence-electron chi connectivity index (χ0n) is 35.1. The molecule has 0 aromatic heterocycles. The molecule has 1 unspecified atom stereocenters. The lowest BCUT2D eigenvalue weighted by Crippen LogP contribution is -2.37. The highest BCUT2D eigenvalue weighted by Gasteiger charge is 2.39. The van der Waals surface area contributed by atoms with Crippen molar-refractivity contribution in [1.29, 1.82) is 0 Å². The Labute approximate surface area is 333 Å². The topological polar surface area (TPSA) is 169 Å². The highest BCUT2D eigenvalue weighted by molar-refractivity contribution is 7.45. The normalized spacial score (nSPS) is 19.8. The van der Waals surface area contributed by atoms with Crippen molar-refractivity contribution in [3.63, 3.8) is 0 Å². The Bertz CT molecular complexity index is 1110. The molecule has 1 fully saturated rings. The van der Waals surface area contributed by atoms with Crippen LogP contribution in [0.25, 0.3) is 0 Å². The molecule has 0 aliphatic heterocycles. The minimum absolute atomic E-state index is 0.0420. The number of hydrogen-bond acceptors (Lipinski definition) is 11. The van der Waals surface area contributed by atoms with Crippen molar-refractivity contribution in [1.82, 2.24) is 0 Å². The van der Waals surface area contributed by atoms with Crippen LogP contribution in [0.5, 0.6) is 0 Å². The summed E-state index contributed by atoms with van der Waals surface area (Å²) in [5.41, 5.74) is 0. The monoisotopic (exact) mass is 804 g/mol. The minimum atomic E-state index is -4.68. The molecule has 0 radical (unpaired) electrons. The number of phosphoric ester groups is 1. The number of carbonyl (C=O) groups excluding carboxylic acids is 3. The number of carbonyl (C=O) groups is 3. The second-order valence-corrected chi connectivity index (χ2v) is 17.9. The molecule has 322 valence electrons. The molecule has 1 aliphatic rings. The number of hydrogen-bond donors (Lipinski definition) is 2. The van der Waals surface area contributed by atoms with E-state index >= 15 is 0 Å². The van der Waals surface area contributed by atoms with E-state index in [4.69, 9.17) is 18.5 Å². The Balaban J connectivity index is 2.51. The number of likely N-dealkylation sites (N-methyl/N-ethyl adjacent to an activating group) is 1. The second kappa shape index (κ2) is 30.4. The Hall–Kier alpha value is -1.66. The molecule has 2 N–H and O–H groups in total. The van der Waals surface area contributed by atoms with Gasteiger partial charge in [0.15, 0.2) is 6.10 Å². The second-order valence-electron chi connectivity index (χ2n) is 16.5. The number of ketones is 1. The maximum Gasteiger partial charge on any atom is 0.306 e. The van der Waals surface area contributed by atoms with Crippen LogP contribution in [0.3, 0.4) is 0 Å². The van der Waals surface area contributed by atoms with Gasteiger partial charge in [0.1, 0.15) is 25.5 Å². The maximum absolute atomic E-state index is 12.8. The summed E-state index contributed by atoms with van der Waals surface area (Å²) in [4.78, 5) is 50.2. The standard InChI is InChI=1S/C42H78NO11P/c1-6-8-10-11-12-13-14-15-16-17-22-26-41(47)51-33-36(34-53-55(49,50)52-31-30-43(3,4)5)54-42(48)27-23-19-18-21-25-37-38(40(46)32-39(37)45)29-28-35(44)24-20-9-7-2/h28-29,35-38,40,44,46H,6-27,30-34H2,1-5H3/b29-28+/t35-,36+,37+,38+,40+/m0/s1. The summed E-state index contributed by atoms with van der Waals surface area (Å²) in [7, 11) is 1.02. The molecule has 13 heteroatoms. The zero-order chi connectivity index (χ0) is 41.0. The van der Waals surface area contributed by atoms with E-state index in [2.05, 4.69) is 13.8 Å². The van der Waals surface area contributed by atoms with Crippen molar-refractivity contribution < 1.29 is 57.1 Å². The number of quaternary nitrogens is 1. The number of esters is 2. The molecule has 55 heavy (non-hydrogen) atoms. The summed E-state index contributed by atoms with van der Waals surface area (Å²) < 4.78 is 33.8. The minimum Gasteiger partial charge on any atom is -0.756 e. The molecule has 0 bridgehead atoms. The number of rotatable bonds is 35. The van der Waals surface area contributed by atoms with E-state index < -0.39 is 44.7 Å². The number of aliphatic hydroxyl groups is 2. The highest BCUT2D eigenvalue weighted by Crippen LogP contribution is 2.38. The van der Waals surface area contributed by atoms with Crippen molar-refractivity contribution in [2.24, 2.45) is 11.8 Å². The lowest BCUT2D eigenvalue weighted by molar-refractivity contribution is -0.870. The van der Waals surface area contributed by atoms with Gasteiger partial charge in [0, 0.05) is 31.1 Å². The molecule has 12 nitrogen and oxygen atoms in total. The summed E-state index contributed by atoms with van der Waals surface area (Å²) in [6.07, 6.45) is 21.4. The smallest absolute Gasteiger partial charge is 0.306 e. The Morgan fingerprint density at radius 2 is 1.36 bits per heavy atom. The van der Waals surface area contributed by atoms with Crippen LogP contribution < -0.4 is 4.89 Å². The molecule has 0 amide bonds. The summed E-state index contributed by atoms with van der Waals surface area (Å²) in [6.45, 7) is 3.83. The van der Waals surface area contributed by atoms with E-state index in [1.165, 1.54) is 44.9 Å². The third-order valence-electron chi connectivity index (χ3n) is 10.2. The first-order valence-corrected chi connectivity index (χ1v) is 23.0. The summed E-state index contributed by atoms with van der Waals surface area (Å²) >= 11 is 0. The number of nitrogens with zero attached hydrogens (tertiary/aromatic N) is 1. The van der Waals surface area contributed by atoms with Gasteiger partial charge in [0.2, 0.25) is 0 Å². The van der Waals surface area contributed by atoms with Crippen LogP contribution in [0.1, 0.15) is 162 Å². The van der Waals surface area contributed by atoms with E-state index in [0.29, 0.717) is 43.1 Å². The Kier molecular flexibility index (Phi) is 28.4. The first-order chi connectivity index (χ1) is 26.2. The van der Waals surface area contributed by atoms with Crippen LogP contribution in [0, 0.1) is 11.8 Å². The van der Waals surface area contributed by atoms with Crippen molar-refractivity contribution in [2.75, 3.05) is 47.5 Å². The fourth-order valence-corrected chi connectivity index (χ4v) is 7.46. The van der Waals surface area contributed by atoms with Crippen LogP contribution in [0.2, 0.25) is 0 Å². The van der Waals surface area contributed by atoms with Crippen LogP contribution in [-0.4, -0.2) is 98.2 Å². The van der Waals surface area contributed by atoms with Gasteiger partial charge in [-0.1, -0.05) is 129 Å². The van der Waals surface area contributed by atoms with Gasteiger partial charge in [0.05, 0.1) is 40.0 Å². The van der Waals surface area contributed by atoms with Gasteiger partial charge in [-0.3, -0.25) is 18.9 Å². The van der Waals surface area contributed by atoms with Gasteiger partial charge in [0.25, 0.3) is 7.82 Å². The van der Waals surface area contributed by atoms with Crippen molar-refractivity contribution >= 4 is 25.5 Å². The van der Waals surface area contributed by atoms with Crippen LogP contribution in [0.4, 0.5) is 0 Å². The highest BCUT2D eigenvalue weighted by atomic mass is 31.2. The Morgan fingerprint density at radius 3 is 1.96 bits per heavy atom. The number of phosphoric acid groups is 1. The molecule has 0 heterocycles. The molecule has 1 rings (SSSR count). The number of Topliss-reactive ketones (excluding diaryl/α,β-unsaturated/α-hetero) is 1. The van der Waals surface area contributed by atoms with E-state index in [9.17, 15) is 34.1 Å². The predicted octanol–water partition coefficient (Wildman–Crippen LogP) is 7.75. The Morgan fingerprint density at radius 1 is 0.818 bits per heavy atom. The fraction of sp³-hybridized carbons (Fsp3) is 0.881. The van der Waals surface area contributed by atoms with Gasteiger partial charge < -0.3 is 38.1 Å². The lowest BCUT2D eigenvalue weighted by atomic mass is 9.88. The largest absolute Gasteiger partial charge is 0.756 e. The average Bonchev–Trinajstić information content (AvgIpc) is 3.39. The third-order valence-corrected chi connectivity index (χ3v) is 11.1. The van der Waals surface area contributed by atoms with Gasteiger partial charge in [-0.25, -0.2) is 0 Å². The van der Waals surface area contributed by atoms with E-state index in [0.717, 1.165) is 51.4 Å². The molecule has 0 aromatic rings. The zero-order valence-corrected chi connectivity index (χ0v) is 36.0. The van der Waals surface area contributed by atoms with Crippen molar-refractivity contribution in [3.05, 3.63) is 12.2 Å². The summed E-state index contributed by atoms with van der Waals surface area (Å²) in [6, 6.07) is 0. The van der Waals surface area contributed by atoms with E-state index in [1.54, 1.807) is 6.08 Å². The summed E-state index contributed by atoms with van der Waals surface area (Å²) in [5.74, 6) is -1.54. The first kappa shape index (κ1) is 51.4. The predicted molar refractivity (Wildman–Crippen MR) is 214 cm³/mol. The van der Waals surface area contributed by atoms with Crippen LogP contribution in [0.15, 0.2) is 12.2 Å². The molecular weight excluding hydrogens is 725 g/mol. The van der Waals surface area contributed by atoms with E-state index in [-0.39, 0.29) is 50.1 Å². The quantitative estimate of drug-likeness (QED) is 0.0211. The van der Waals surface area contributed by atoms with Crippen LogP contribution >= 0.6 is 7.82 Å². The molecule has 0 spiro atoms. The molecule has 1 saturated carbocycles. The summed E-state index contributed by atoms with van der Waals surface area (Å²) in [5, 5.41) is 20.7. The van der Waals surface area contributed by atoms with Gasteiger partial charge in [-0.05, 0) is 25.7 Å².